The summed E-state index contributed by atoms with van der Waals surface area (Å²) in [4.78, 5) is 29.2. The fraction of sp³-hybridized carbons (Fsp3) is 0.269. The Labute approximate surface area is 212 Å². The number of benzene rings is 2. The molecule has 3 aromatic rings. The van der Waals surface area contributed by atoms with E-state index in [-0.39, 0.29) is 22.6 Å². The zero-order chi connectivity index (χ0) is 28.3. The van der Waals surface area contributed by atoms with E-state index < -0.39 is 76.8 Å². The minimum Gasteiger partial charge on any atom is -0.503 e. The lowest BCUT2D eigenvalue weighted by molar-refractivity contribution is -0.153. The number of rotatable bonds is 9. The molecule has 2 atom stereocenters. The van der Waals surface area contributed by atoms with E-state index in [0.717, 1.165) is 0 Å². The summed E-state index contributed by atoms with van der Waals surface area (Å²) in [6.07, 6.45) is -0.663. The first-order valence-corrected chi connectivity index (χ1v) is 11.1. The van der Waals surface area contributed by atoms with Crippen LogP contribution >= 0.6 is 0 Å². The molecule has 38 heavy (non-hydrogen) atoms. The third-order valence-electron chi connectivity index (χ3n) is 5.77. The second-order valence-corrected chi connectivity index (χ2v) is 8.46. The Bertz CT molecular complexity index is 1280. The molecule has 1 aromatic heterocycles. The van der Waals surface area contributed by atoms with Gasteiger partial charge in [-0.1, -0.05) is 6.92 Å². The van der Waals surface area contributed by atoms with Crippen LogP contribution in [0.4, 0.5) is 26.3 Å². The summed E-state index contributed by atoms with van der Waals surface area (Å²) >= 11 is 0. The van der Waals surface area contributed by atoms with Gasteiger partial charge in [-0.25, -0.2) is 31.3 Å². The van der Waals surface area contributed by atoms with Crippen molar-refractivity contribution in [2.24, 2.45) is 5.92 Å². The third kappa shape index (κ3) is 5.90. The predicted molar refractivity (Wildman–Crippen MR) is 121 cm³/mol. The highest BCUT2D eigenvalue weighted by Gasteiger charge is 2.31. The van der Waals surface area contributed by atoms with Crippen LogP contribution < -0.4 is 4.74 Å². The maximum Gasteiger partial charge on any atom is 0.309 e. The van der Waals surface area contributed by atoms with Crippen LogP contribution in [0.3, 0.4) is 0 Å². The van der Waals surface area contributed by atoms with Crippen molar-refractivity contribution in [3.05, 3.63) is 88.3 Å². The predicted octanol–water partition coefficient (Wildman–Crippen LogP) is 5.60. The van der Waals surface area contributed by atoms with Crippen LogP contribution in [-0.2, 0) is 9.53 Å². The van der Waals surface area contributed by atoms with Crippen molar-refractivity contribution in [3.8, 4) is 11.5 Å². The van der Waals surface area contributed by atoms with Gasteiger partial charge < -0.3 is 14.6 Å². The molecule has 0 fully saturated rings. The molecule has 12 heteroatoms. The van der Waals surface area contributed by atoms with E-state index >= 15 is 0 Å². The van der Waals surface area contributed by atoms with E-state index in [9.17, 15) is 41.0 Å². The van der Waals surface area contributed by atoms with Gasteiger partial charge in [0.1, 0.15) is 6.10 Å². The van der Waals surface area contributed by atoms with Crippen LogP contribution in [0.25, 0.3) is 0 Å². The van der Waals surface area contributed by atoms with Gasteiger partial charge >= 0.3 is 5.97 Å². The highest BCUT2D eigenvalue weighted by Crippen LogP contribution is 2.34. The van der Waals surface area contributed by atoms with Gasteiger partial charge in [0.05, 0.1) is 13.0 Å². The first-order valence-electron chi connectivity index (χ1n) is 11.1. The highest BCUT2D eigenvalue weighted by atomic mass is 19.2. The normalized spacial score (nSPS) is 12.8. The summed E-state index contributed by atoms with van der Waals surface area (Å²) in [6, 6.07) is 3.52. The summed E-state index contributed by atoms with van der Waals surface area (Å²) in [7, 11) is 1.26. The molecule has 6 nitrogen and oxygen atoms in total. The molecule has 0 bridgehead atoms. The number of Topliss-reactive ketones (excluding diaryl/α,β-unsaturated/α-hetero) is 1. The summed E-state index contributed by atoms with van der Waals surface area (Å²) in [5.41, 5.74) is -1.08. The van der Waals surface area contributed by atoms with E-state index in [1.54, 1.807) is 0 Å². The molecule has 0 saturated carbocycles. The molecular formula is C26H21F6NO5. The molecule has 0 unspecified atom stereocenters. The Morgan fingerprint density at radius 2 is 1.37 bits per heavy atom. The summed E-state index contributed by atoms with van der Waals surface area (Å²) in [5, 5.41) is 10.1. The van der Waals surface area contributed by atoms with Gasteiger partial charge in [-0.2, -0.15) is 0 Å². The summed E-state index contributed by atoms with van der Waals surface area (Å²) < 4.78 is 93.3. The summed E-state index contributed by atoms with van der Waals surface area (Å²) in [5.74, 6) is -14.9. The number of ether oxygens (including phenoxy) is 2. The Kier molecular flexibility index (Phi) is 8.64. The van der Waals surface area contributed by atoms with E-state index in [2.05, 4.69) is 4.98 Å². The van der Waals surface area contributed by atoms with Gasteiger partial charge in [-0.15, -0.1) is 0 Å². The lowest BCUT2D eigenvalue weighted by Gasteiger charge is -2.26. The number of nitrogens with zero attached hydrogens (tertiary/aromatic N) is 1. The number of aromatic nitrogens is 1. The standard InChI is InChI=1S/C26H21F6NO5/c1-11(6-19(34)24-25(35)20(37-3)4-5-33-24)26(36)38-12(2)21(13-7-15(27)22(31)16(28)8-13)14-9-17(29)23(32)18(30)10-14/h4-5,7-12,21,35H,6H2,1-3H3/t11-,12+/m1/s1. The number of esters is 1. The number of hydrogen-bond acceptors (Lipinski definition) is 6. The molecule has 3 rings (SSSR count). The number of halogens is 6. The number of pyridine rings is 1. The number of ketones is 1. The van der Waals surface area contributed by atoms with Crippen LogP contribution in [0.5, 0.6) is 11.5 Å². The smallest absolute Gasteiger partial charge is 0.309 e. The van der Waals surface area contributed by atoms with Crippen LogP contribution in [0, 0.1) is 40.8 Å². The second-order valence-electron chi connectivity index (χ2n) is 8.46. The Hall–Kier alpha value is -4.09. The molecule has 2 aromatic carbocycles. The lowest BCUT2D eigenvalue weighted by atomic mass is 9.86. The first-order chi connectivity index (χ1) is 17.8. The second kappa shape index (κ2) is 11.5. The topological polar surface area (TPSA) is 85.7 Å². The molecule has 0 aliphatic carbocycles. The summed E-state index contributed by atoms with van der Waals surface area (Å²) in [6.45, 7) is 2.54. The van der Waals surface area contributed by atoms with Gasteiger partial charge in [0.15, 0.2) is 57.9 Å². The fourth-order valence-corrected chi connectivity index (χ4v) is 3.87. The molecule has 1 heterocycles. The number of carbonyl (C=O) groups excluding carboxylic acids is 2. The van der Waals surface area contributed by atoms with Crippen LogP contribution in [0.15, 0.2) is 36.5 Å². The molecule has 0 amide bonds. The molecular weight excluding hydrogens is 520 g/mol. The highest BCUT2D eigenvalue weighted by molar-refractivity contribution is 5.99. The van der Waals surface area contributed by atoms with Crippen LogP contribution in [0.1, 0.15) is 47.8 Å². The zero-order valence-electron chi connectivity index (χ0n) is 20.2. The molecule has 202 valence electrons. The maximum atomic E-state index is 14.0. The van der Waals surface area contributed by atoms with Crippen molar-refractivity contribution in [1.82, 2.24) is 4.98 Å². The monoisotopic (exact) mass is 541 g/mol. The average Bonchev–Trinajstić information content (AvgIpc) is 2.85. The van der Waals surface area contributed by atoms with Crippen molar-refractivity contribution in [2.45, 2.75) is 32.3 Å². The van der Waals surface area contributed by atoms with E-state index in [4.69, 9.17) is 9.47 Å². The van der Waals surface area contributed by atoms with Crippen molar-refractivity contribution < 1.29 is 50.5 Å². The van der Waals surface area contributed by atoms with E-state index in [1.165, 1.54) is 33.2 Å². The molecule has 0 saturated heterocycles. The number of carbonyl (C=O) groups is 2. The quantitative estimate of drug-likeness (QED) is 0.164. The number of hydrogen-bond donors (Lipinski definition) is 1. The van der Waals surface area contributed by atoms with Crippen LogP contribution in [-0.4, -0.2) is 35.1 Å². The molecule has 0 aliphatic rings. The maximum absolute atomic E-state index is 14.0. The Balaban J connectivity index is 1.89. The van der Waals surface area contributed by atoms with Crippen molar-refractivity contribution in [1.29, 1.82) is 0 Å². The number of aromatic hydroxyl groups is 1. The third-order valence-corrected chi connectivity index (χ3v) is 5.77. The zero-order valence-corrected chi connectivity index (χ0v) is 20.2. The van der Waals surface area contributed by atoms with Gasteiger partial charge in [-0.05, 0) is 42.3 Å². The lowest BCUT2D eigenvalue weighted by Crippen LogP contribution is -2.28. The minimum absolute atomic E-state index is 0.0208. The molecule has 1 N–H and O–H groups in total. The van der Waals surface area contributed by atoms with Crippen LogP contribution in [0.2, 0.25) is 0 Å². The Morgan fingerprint density at radius 3 is 1.82 bits per heavy atom. The van der Waals surface area contributed by atoms with E-state index in [1.807, 2.05) is 0 Å². The van der Waals surface area contributed by atoms with Crippen molar-refractivity contribution in [3.63, 3.8) is 0 Å². The molecule has 0 radical (unpaired) electrons. The van der Waals surface area contributed by atoms with Gasteiger partial charge in [0.2, 0.25) is 0 Å². The number of methoxy groups -OCH3 is 1. The first kappa shape index (κ1) is 28.5. The largest absolute Gasteiger partial charge is 0.503 e. The SMILES string of the molecule is COc1ccnc(C(=O)C[C@@H](C)C(=O)O[C@@H](C)C(c2cc(F)c(F)c(F)c2)c2cc(F)c(F)c(F)c2)c1O. The Morgan fingerprint density at radius 1 is 0.895 bits per heavy atom. The minimum atomic E-state index is -1.80. The fourth-order valence-electron chi connectivity index (χ4n) is 3.87. The van der Waals surface area contributed by atoms with E-state index in [0.29, 0.717) is 24.3 Å². The van der Waals surface area contributed by atoms with Gasteiger partial charge in [0, 0.05) is 24.6 Å². The molecule has 0 aliphatic heterocycles. The van der Waals surface area contributed by atoms with Crippen molar-refractivity contribution in [2.75, 3.05) is 7.11 Å². The average molecular weight is 541 g/mol. The van der Waals surface area contributed by atoms with Crippen molar-refractivity contribution >= 4 is 11.8 Å². The van der Waals surface area contributed by atoms with Gasteiger partial charge in [-0.3, -0.25) is 9.59 Å². The molecule has 0 spiro atoms. The van der Waals surface area contributed by atoms with Gasteiger partial charge in [0.25, 0.3) is 0 Å².